The van der Waals surface area contributed by atoms with E-state index in [4.69, 9.17) is 0 Å². The maximum atomic E-state index is 12.2. The average molecular weight is 426 g/mol. The Morgan fingerprint density at radius 1 is 1.40 bits per heavy atom. The average Bonchev–Trinajstić information content (AvgIpc) is 3.30. The second-order valence-corrected chi connectivity index (χ2v) is 8.11. The van der Waals surface area contributed by atoms with Crippen molar-refractivity contribution in [2.75, 3.05) is 12.8 Å². The Labute approximate surface area is 160 Å². The van der Waals surface area contributed by atoms with Crippen molar-refractivity contribution in [3.05, 3.63) is 28.3 Å². The normalized spacial score (nSPS) is 15.0. The standard InChI is InChI=1S/C17H24BrN5OS/c1-22-11-12(18)10-14(22)16(24)19-9-5-8-15-20-21-17(25-2)23(15)13-6-3-4-7-13/h10-11,13H,3-9H2,1-2H3,(H,19,24). The molecule has 25 heavy (non-hydrogen) atoms. The first-order chi connectivity index (χ1) is 12.1. The van der Waals surface area contributed by atoms with Crippen molar-refractivity contribution in [1.29, 1.82) is 0 Å². The van der Waals surface area contributed by atoms with Crippen LogP contribution >= 0.6 is 27.7 Å². The first-order valence-electron chi connectivity index (χ1n) is 8.68. The molecule has 136 valence electrons. The highest BCUT2D eigenvalue weighted by molar-refractivity contribution is 9.10. The zero-order chi connectivity index (χ0) is 17.8. The fraction of sp³-hybridized carbons (Fsp3) is 0.588. The number of rotatable bonds is 7. The molecular weight excluding hydrogens is 402 g/mol. The minimum atomic E-state index is -0.0461. The summed E-state index contributed by atoms with van der Waals surface area (Å²) in [5.41, 5.74) is 0.658. The molecule has 1 N–H and O–H groups in total. The minimum Gasteiger partial charge on any atom is -0.351 e. The van der Waals surface area contributed by atoms with Gasteiger partial charge in [0.25, 0.3) is 5.91 Å². The van der Waals surface area contributed by atoms with Crippen molar-refractivity contribution in [2.24, 2.45) is 7.05 Å². The van der Waals surface area contributed by atoms with Crippen molar-refractivity contribution in [2.45, 2.75) is 49.7 Å². The Kier molecular flexibility index (Phi) is 6.22. The molecule has 2 aromatic heterocycles. The van der Waals surface area contributed by atoms with Crippen molar-refractivity contribution in [1.82, 2.24) is 24.6 Å². The van der Waals surface area contributed by atoms with Gasteiger partial charge in [0.2, 0.25) is 0 Å². The highest BCUT2D eigenvalue weighted by atomic mass is 79.9. The fourth-order valence-electron chi connectivity index (χ4n) is 3.44. The molecule has 0 saturated heterocycles. The minimum absolute atomic E-state index is 0.0461. The molecule has 0 spiro atoms. The van der Waals surface area contributed by atoms with E-state index in [9.17, 15) is 4.79 Å². The van der Waals surface area contributed by atoms with Crippen LogP contribution in [0.2, 0.25) is 0 Å². The quantitative estimate of drug-likeness (QED) is 0.543. The third kappa shape index (κ3) is 4.28. The molecule has 1 amide bonds. The molecule has 1 fully saturated rings. The molecule has 0 atom stereocenters. The maximum absolute atomic E-state index is 12.2. The van der Waals surface area contributed by atoms with Gasteiger partial charge in [0.15, 0.2) is 5.16 Å². The second-order valence-electron chi connectivity index (χ2n) is 6.43. The Morgan fingerprint density at radius 2 is 2.16 bits per heavy atom. The topological polar surface area (TPSA) is 64.7 Å². The highest BCUT2D eigenvalue weighted by Crippen LogP contribution is 2.33. The summed E-state index contributed by atoms with van der Waals surface area (Å²) in [7, 11) is 1.87. The van der Waals surface area contributed by atoms with Crippen LogP contribution in [0.25, 0.3) is 0 Å². The zero-order valence-electron chi connectivity index (χ0n) is 14.7. The smallest absolute Gasteiger partial charge is 0.267 e. The summed E-state index contributed by atoms with van der Waals surface area (Å²) < 4.78 is 5.06. The molecule has 2 aromatic rings. The van der Waals surface area contributed by atoms with E-state index in [1.54, 1.807) is 11.8 Å². The SMILES string of the molecule is CSc1nnc(CCCNC(=O)c2cc(Br)cn2C)n1C1CCCC1. The second kappa shape index (κ2) is 8.40. The Morgan fingerprint density at radius 3 is 2.80 bits per heavy atom. The zero-order valence-corrected chi connectivity index (χ0v) is 17.1. The molecular formula is C17H24BrN5OS. The van der Waals surface area contributed by atoms with Crippen LogP contribution in [0.5, 0.6) is 0 Å². The van der Waals surface area contributed by atoms with Gasteiger partial charge >= 0.3 is 0 Å². The third-order valence-corrected chi connectivity index (χ3v) is 5.75. The molecule has 1 aliphatic rings. The fourth-order valence-corrected chi connectivity index (χ4v) is 4.53. The largest absolute Gasteiger partial charge is 0.351 e. The van der Waals surface area contributed by atoms with Crippen LogP contribution in [-0.2, 0) is 13.5 Å². The van der Waals surface area contributed by atoms with Crippen LogP contribution in [0.1, 0.15) is 54.5 Å². The van der Waals surface area contributed by atoms with Gasteiger partial charge < -0.3 is 14.5 Å². The van der Waals surface area contributed by atoms with Gasteiger partial charge in [-0.2, -0.15) is 0 Å². The van der Waals surface area contributed by atoms with Crippen LogP contribution in [-0.4, -0.2) is 38.0 Å². The van der Waals surface area contributed by atoms with Crippen LogP contribution in [0, 0.1) is 0 Å². The van der Waals surface area contributed by atoms with E-state index in [2.05, 4.69) is 42.3 Å². The number of nitrogens with zero attached hydrogens (tertiary/aromatic N) is 4. The number of halogens is 1. The Balaban J connectivity index is 1.55. The summed E-state index contributed by atoms with van der Waals surface area (Å²) in [6.45, 7) is 0.633. The van der Waals surface area contributed by atoms with Crippen molar-refractivity contribution in [3.8, 4) is 0 Å². The van der Waals surface area contributed by atoms with Gasteiger partial charge in [0.1, 0.15) is 11.5 Å². The monoisotopic (exact) mass is 425 g/mol. The number of aryl methyl sites for hydroxylation is 2. The number of nitrogens with one attached hydrogen (secondary N) is 1. The van der Waals surface area contributed by atoms with Crippen LogP contribution in [0.15, 0.2) is 21.9 Å². The molecule has 1 aliphatic carbocycles. The van der Waals surface area contributed by atoms with Gasteiger partial charge in [-0.05, 0) is 47.5 Å². The highest BCUT2D eigenvalue weighted by Gasteiger charge is 2.23. The number of carbonyl (C=O) groups excluding carboxylic acids is 1. The van der Waals surface area contributed by atoms with E-state index < -0.39 is 0 Å². The number of carbonyl (C=O) groups is 1. The van der Waals surface area contributed by atoms with E-state index in [0.717, 1.165) is 28.3 Å². The van der Waals surface area contributed by atoms with E-state index >= 15 is 0 Å². The molecule has 0 aromatic carbocycles. The number of thioether (sulfide) groups is 1. The van der Waals surface area contributed by atoms with Crippen molar-refractivity contribution >= 4 is 33.6 Å². The lowest BCUT2D eigenvalue weighted by Gasteiger charge is -2.16. The summed E-state index contributed by atoms with van der Waals surface area (Å²) in [5.74, 6) is 1.00. The molecule has 1 saturated carbocycles. The van der Waals surface area contributed by atoms with Gasteiger partial charge in [-0.3, -0.25) is 4.79 Å². The van der Waals surface area contributed by atoms with Crippen molar-refractivity contribution < 1.29 is 4.79 Å². The Bertz CT molecular complexity index is 735. The van der Waals surface area contributed by atoms with E-state index in [0.29, 0.717) is 18.3 Å². The lowest BCUT2D eigenvalue weighted by atomic mass is 10.2. The van der Waals surface area contributed by atoms with Gasteiger partial charge in [-0.25, -0.2) is 0 Å². The van der Waals surface area contributed by atoms with E-state index in [-0.39, 0.29) is 5.91 Å². The summed E-state index contributed by atoms with van der Waals surface area (Å²) in [5, 5.41) is 12.7. The molecule has 8 heteroatoms. The number of aromatic nitrogens is 4. The summed E-state index contributed by atoms with van der Waals surface area (Å²) in [6, 6.07) is 2.37. The molecule has 0 bridgehead atoms. The summed E-state index contributed by atoms with van der Waals surface area (Å²) in [4.78, 5) is 12.2. The van der Waals surface area contributed by atoms with Crippen LogP contribution in [0.4, 0.5) is 0 Å². The summed E-state index contributed by atoms with van der Waals surface area (Å²) in [6.07, 6.45) is 10.6. The molecule has 0 aliphatic heterocycles. The predicted octanol–water partition coefficient (Wildman–Crippen LogP) is 3.58. The lowest BCUT2D eigenvalue weighted by molar-refractivity contribution is 0.0945. The van der Waals surface area contributed by atoms with E-state index in [1.165, 1.54) is 25.7 Å². The molecule has 6 nitrogen and oxygen atoms in total. The van der Waals surface area contributed by atoms with E-state index in [1.807, 2.05) is 23.9 Å². The van der Waals surface area contributed by atoms with Crippen LogP contribution in [0.3, 0.4) is 0 Å². The maximum Gasteiger partial charge on any atom is 0.267 e. The number of amides is 1. The van der Waals surface area contributed by atoms with Gasteiger partial charge in [0, 0.05) is 36.7 Å². The summed E-state index contributed by atoms with van der Waals surface area (Å²) >= 11 is 5.05. The first-order valence-corrected chi connectivity index (χ1v) is 10.7. The Hall–Kier alpha value is -1.28. The molecule has 3 rings (SSSR count). The molecule has 2 heterocycles. The first kappa shape index (κ1) is 18.5. The molecule has 0 radical (unpaired) electrons. The van der Waals surface area contributed by atoms with Gasteiger partial charge in [-0.15, -0.1) is 10.2 Å². The molecule has 0 unspecified atom stereocenters. The third-order valence-electron chi connectivity index (χ3n) is 4.67. The predicted molar refractivity (Wildman–Crippen MR) is 103 cm³/mol. The van der Waals surface area contributed by atoms with Crippen molar-refractivity contribution in [3.63, 3.8) is 0 Å². The van der Waals surface area contributed by atoms with Gasteiger partial charge in [0.05, 0.1) is 0 Å². The van der Waals surface area contributed by atoms with Crippen LogP contribution < -0.4 is 5.32 Å². The lowest BCUT2D eigenvalue weighted by Crippen LogP contribution is -2.26. The number of hydrogen-bond acceptors (Lipinski definition) is 4. The van der Waals surface area contributed by atoms with Gasteiger partial charge in [-0.1, -0.05) is 24.6 Å². The number of hydrogen-bond donors (Lipinski definition) is 1.